The maximum Gasteiger partial charge on any atom is 0.257 e. The van der Waals surface area contributed by atoms with Gasteiger partial charge in [-0.15, -0.1) is 11.3 Å². The number of hydrogen-bond donors (Lipinski definition) is 0. The predicted molar refractivity (Wildman–Crippen MR) is 153 cm³/mol. The average molecular weight is 528 g/mol. The highest BCUT2D eigenvalue weighted by atomic mass is 32.1. The molecule has 6 nitrogen and oxygen atoms in total. The molecule has 1 aliphatic heterocycles. The van der Waals surface area contributed by atoms with Crippen molar-refractivity contribution in [3.8, 4) is 11.3 Å². The van der Waals surface area contributed by atoms with Gasteiger partial charge in [-0.2, -0.15) is 5.10 Å². The molecule has 4 heterocycles. The lowest BCUT2D eigenvalue weighted by Gasteiger charge is -2.42. The number of thiazole rings is 1. The Kier molecular flexibility index (Phi) is 5.98. The van der Waals surface area contributed by atoms with Crippen LogP contribution in [0.3, 0.4) is 0 Å². The van der Waals surface area contributed by atoms with E-state index in [1.165, 1.54) is 34.5 Å². The molecule has 0 N–H and O–H groups in total. The van der Waals surface area contributed by atoms with Crippen molar-refractivity contribution in [3.63, 3.8) is 0 Å². The van der Waals surface area contributed by atoms with Crippen LogP contribution in [0.15, 0.2) is 35.8 Å². The highest BCUT2D eigenvalue weighted by Crippen LogP contribution is 2.47. The molecule has 0 saturated carbocycles. The van der Waals surface area contributed by atoms with Crippen molar-refractivity contribution in [3.05, 3.63) is 68.9 Å². The fourth-order valence-corrected chi connectivity index (χ4v) is 7.23. The molecule has 1 fully saturated rings. The minimum absolute atomic E-state index is 0.0444. The number of aryl methyl sites for hydroxylation is 2. The van der Waals surface area contributed by atoms with Crippen LogP contribution in [0.2, 0.25) is 0 Å². The number of aromatic nitrogens is 4. The first-order valence-electron chi connectivity index (χ1n) is 13.8. The van der Waals surface area contributed by atoms with Gasteiger partial charge in [0.15, 0.2) is 5.65 Å². The fourth-order valence-electron chi connectivity index (χ4n) is 6.23. The zero-order valence-electron chi connectivity index (χ0n) is 23.3. The lowest BCUT2D eigenvalue weighted by molar-refractivity contribution is 0.0711. The second-order valence-electron chi connectivity index (χ2n) is 12.5. The Morgan fingerprint density at radius 2 is 1.71 bits per heavy atom. The van der Waals surface area contributed by atoms with Gasteiger partial charge in [0.25, 0.3) is 5.91 Å². The van der Waals surface area contributed by atoms with Crippen molar-refractivity contribution < 1.29 is 4.79 Å². The predicted octanol–water partition coefficient (Wildman–Crippen LogP) is 6.84. The fraction of sp³-hybridized carbons (Fsp3) is 0.484. The van der Waals surface area contributed by atoms with E-state index in [2.05, 4.69) is 61.4 Å². The number of hydrogen-bond acceptors (Lipinski definition) is 5. The summed E-state index contributed by atoms with van der Waals surface area (Å²) in [6, 6.07) is 8.93. The van der Waals surface area contributed by atoms with Gasteiger partial charge in [0, 0.05) is 42.2 Å². The minimum atomic E-state index is 0.0444. The van der Waals surface area contributed by atoms with E-state index in [0.29, 0.717) is 11.5 Å². The molecule has 1 saturated heterocycles. The van der Waals surface area contributed by atoms with E-state index >= 15 is 0 Å². The summed E-state index contributed by atoms with van der Waals surface area (Å²) in [7, 11) is 0. The molecule has 1 amide bonds. The minimum Gasteiger partial charge on any atom is -0.338 e. The van der Waals surface area contributed by atoms with Crippen LogP contribution in [0.5, 0.6) is 0 Å². The smallest absolute Gasteiger partial charge is 0.257 e. The molecule has 4 aromatic rings. The van der Waals surface area contributed by atoms with Crippen molar-refractivity contribution in [2.75, 3.05) is 13.1 Å². The van der Waals surface area contributed by atoms with Crippen LogP contribution in [0, 0.1) is 13.8 Å². The van der Waals surface area contributed by atoms with Crippen LogP contribution in [0.4, 0.5) is 0 Å². The van der Waals surface area contributed by atoms with Gasteiger partial charge < -0.3 is 4.90 Å². The van der Waals surface area contributed by atoms with E-state index in [1.807, 2.05) is 24.8 Å². The third-order valence-electron chi connectivity index (χ3n) is 8.88. The SMILES string of the molecule is Cc1cc2ncc(C(=O)N3CCC(c4nc(-c5ccc6c(c5)C(C)(C)CCC6(C)C)cs4)CC3)c(C)n2n1. The quantitative estimate of drug-likeness (QED) is 0.293. The molecule has 0 radical (unpaired) electrons. The number of carbonyl (C=O) groups excluding carboxylic acids is 1. The van der Waals surface area contributed by atoms with Crippen LogP contribution < -0.4 is 0 Å². The first-order chi connectivity index (χ1) is 18.0. The van der Waals surface area contributed by atoms with E-state index in [9.17, 15) is 4.79 Å². The van der Waals surface area contributed by atoms with Gasteiger partial charge >= 0.3 is 0 Å². The number of amides is 1. The Morgan fingerprint density at radius 3 is 2.45 bits per heavy atom. The summed E-state index contributed by atoms with van der Waals surface area (Å²) in [4.78, 5) is 24.9. The molecular weight excluding hydrogens is 490 g/mol. The third-order valence-corrected chi connectivity index (χ3v) is 9.89. The van der Waals surface area contributed by atoms with E-state index in [4.69, 9.17) is 4.98 Å². The second-order valence-corrected chi connectivity index (χ2v) is 13.4. The van der Waals surface area contributed by atoms with Crippen molar-refractivity contribution in [1.82, 2.24) is 24.5 Å². The first kappa shape index (κ1) is 25.2. The molecular formula is C31H37N5OS. The summed E-state index contributed by atoms with van der Waals surface area (Å²) in [5.74, 6) is 0.434. The lowest BCUT2D eigenvalue weighted by atomic mass is 9.63. The largest absolute Gasteiger partial charge is 0.338 e. The molecule has 6 rings (SSSR count). The third kappa shape index (κ3) is 4.25. The van der Waals surface area contributed by atoms with Gasteiger partial charge in [0.2, 0.25) is 0 Å². The summed E-state index contributed by atoms with van der Waals surface area (Å²) in [5.41, 5.74) is 8.82. The molecule has 1 aliphatic carbocycles. The molecule has 0 spiro atoms. The van der Waals surface area contributed by atoms with Crippen LogP contribution >= 0.6 is 11.3 Å². The van der Waals surface area contributed by atoms with E-state index in [0.717, 1.165) is 48.7 Å². The number of nitrogens with zero attached hydrogens (tertiary/aromatic N) is 5. The number of benzene rings is 1. The molecule has 0 atom stereocenters. The van der Waals surface area contributed by atoms with Gasteiger partial charge in [-0.3, -0.25) is 4.79 Å². The van der Waals surface area contributed by atoms with Crippen LogP contribution in [0.25, 0.3) is 16.9 Å². The van der Waals surface area contributed by atoms with E-state index in [-0.39, 0.29) is 16.7 Å². The standard InChI is InChI=1S/C31H37N5OS/c1-19-15-27-32-17-23(20(2)36(27)34-19)29(37)35-13-9-21(10-14-35)28-33-26(18-38-28)22-7-8-24-25(16-22)31(5,6)12-11-30(24,3)4/h7-8,15-18,21H,9-14H2,1-6H3. The summed E-state index contributed by atoms with van der Waals surface area (Å²) in [5, 5.41) is 7.90. The Bertz CT molecular complexity index is 1540. The van der Waals surface area contributed by atoms with E-state index < -0.39 is 0 Å². The van der Waals surface area contributed by atoms with Gasteiger partial charge in [-0.25, -0.2) is 14.5 Å². The monoisotopic (exact) mass is 527 g/mol. The topological polar surface area (TPSA) is 63.4 Å². The molecule has 7 heteroatoms. The van der Waals surface area contributed by atoms with Crippen molar-refractivity contribution in [1.29, 1.82) is 0 Å². The van der Waals surface area contributed by atoms with Crippen molar-refractivity contribution >= 4 is 22.9 Å². The van der Waals surface area contributed by atoms with Gasteiger partial charge in [-0.1, -0.05) is 39.8 Å². The van der Waals surface area contributed by atoms with Crippen LogP contribution in [0.1, 0.15) is 97.2 Å². The highest BCUT2D eigenvalue weighted by Gasteiger charge is 2.37. The Morgan fingerprint density at radius 1 is 1.00 bits per heavy atom. The normalized spacial score (nSPS) is 19.1. The Hall–Kier alpha value is -3.06. The lowest BCUT2D eigenvalue weighted by Crippen LogP contribution is -2.38. The number of likely N-dealkylation sites (tertiary alicyclic amines) is 1. The molecule has 2 aliphatic rings. The molecule has 0 bridgehead atoms. The number of carbonyl (C=O) groups is 1. The molecule has 1 aromatic carbocycles. The number of rotatable bonds is 3. The molecule has 38 heavy (non-hydrogen) atoms. The van der Waals surface area contributed by atoms with Crippen LogP contribution in [-0.2, 0) is 10.8 Å². The number of fused-ring (bicyclic) bond motifs is 2. The van der Waals surface area contributed by atoms with E-state index in [1.54, 1.807) is 22.0 Å². The zero-order valence-corrected chi connectivity index (χ0v) is 24.2. The van der Waals surface area contributed by atoms with Crippen molar-refractivity contribution in [2.24, 2.45) is 0 Å². The summed E-state index contributed by atoms with van der Waals surface area (Å²) in [6.45, 7) is 14.8. The maximum atomic E-state index is 13.4. The summed E-state index contributed by atoms with van der Waals surface area (Å²) < 4.78 is 1.77. The van der Waals surface area contributed by atoms with Gasteiger partial charge in [0.1, 0.15) is 0 Å². The van der Waals surface area contributed by atoms with Crippen molar-refractivity contribution in [2.45, 2.75) is 84.0 Å². The average Bonchev–Trinajstić information content (AvgIpc) is 3.54. The zero-order chi connectivity index (χ0) is 26.8. The summed E-state index contributed by atoms with van der Waals surface area (Å²) in [6.07, 6.45) is 6.00. The van der Waals surface area contributed by atoms with Crippen LogP contribution in [-0.4, -0.2) is 43.5 Å². The summed E-state index contributed by atoms with van der Waals surface area (Å²) >= 11 is 1.76. The second kappa shape index (κ2) is 9.01. The Labute approximate surface area is 229 Å². The first-order valence-corrected chi connectivity index (χ1v) is 14.6. The highest BCUT2D eigenvalue weighted by molar-refractivity contribution is 7.10. The molecule has 198 valence electrons. The van der Waals surface area contributed by atoms with Gasteiger partial charge in [0.05, 0.1) is 27.7 Å². The molecule has 0 unspecified atom stereocenters. The Balaban J connectivity index is 1.17. The maximum absolute atomic E-state index is 13.4. The molecule has 3 aromatic heterocycles. The van der Waals surface area contributed by atoms with Gasteiger partial charge in [-0.05, 0) is 67.6 Å². The number of piperidine rings is 1.